The smallest absolute Gasteiger partial charge is 0.193 e. The molecule has 1 aliphatic heterocycles. The van der Waals surface area contributed by atoms with E-state index in [2.05, 4.69) is 27.3 Å². The van der Waals surface area contributed by atoms with E-state index < -0.39 is 0 Å². The van der Waals surface area contributed by atoms with Crippen LogP contribution < -0.4 is 10.1 Å². The lowest BCUT2D eigenvalue weighted by molar-refractivity contribution is 0.157. The third kappa shape index (κ3) is 5.71. The molecule has 0 bridgehead atoms. The van der Waals surface area contributed by atoms with Gasteiger partial charge in [0.2, 0.25) is 0 Å². The zero-order chi connectivity index (χ0) is 17.4. The van der Waals surface area contributed by atoms with Crippen LogP contribution in [-0.4, -0.2) is 57.4 Å². The van der Waals surface area contributed by atoms with Gasteiger partial charge >= 0.3 is 0 Å². The van der Waals surface area contributed by atoms with Crippen LogP contribution in [0.3, 0.4) is 0 Å². The molecule has 1 aliphatic rings. The summed E-state index contributed by atoms with van der Waals surface area (Å²) in [7, 11) is 3.62. The lowest BCUT2D eigenvalue weighted by atomic mass is 10.1. The number of methoxy groups -OCH3 is 1. The highest BCUT2D eigenvalue weighted by atomic mass is 16.5. The Balaban J connectivity index is 1.76. The molecule has 1 aromatic carbocycles. The van der Waals surface area contributed by atoms with Crippen molar-refractivity contribution < 1.29 is 9.47 Å². The summed E-state index contributed by atoms with van der Waals surface area (Å²) >= 11 is 0. The van der Waals surface area contributed by atoms with E-state index in [1.807, 2.05) is 33.0 Å². The Hall–Kier alpha value is -1.75. The van der Waals surface area contributed by atoms with E-state index in [0.717, 1.165) is 44.4 Å². The van der Waals surface area contributed by atoms with E-state index in [0.29, 0.717) is 5.92 Å². The number of ether oxygens (including phenoxy) is 2. The number of nitrogens with one attached hydrogen (secondary N) is 1. The predicted octanol–water partition coefficient (Wildman–Crippen LogP) is 2.56. The van der Waals surface area contributed by atoms with E-state index in [9.17, 15) is 0 Å². The van der Waals surface area contributed by atoms with Gasteiger partial charge in [-0.3, -0.25) is 4.99 Å². The molecule has 24 heavy (non-hydrogen) atoms. The second-order valence-corrected chi connectivity index (χ2v) is 6.59. The van der Waals surface area contributed by atoms with Crippen LogP contribution in [0.1, 0.15) is 25.8 Å². The van der Waals surface area contributed by atoms with Gasteiger partial charge in [0.05, 0.1) is 12.7 Å². The minimum Gasteiger partial charge on any atom is -0.491 e. The Morgan fingerprint density at radius 3 is 2.71 bits per heavy atom. The first-order valence-electron chi connectivity index (χ1n) is 8.82. The first-order valence-corrected chi connectivity index (χ1v) is 8.82. The SMILES string of the molecule is CN=C(NCCc1ccc(OC(C)C)cc1)N1CCC(COC)C1. The molecular weight excluding hydrogens is 302 g/mol. The minimum atomic E-state index is 0.211. The maximum Gasteiger partial charge on any atom is 0.193 e. The standard InChI is InChI=1S/C19H31N3O2/c1-15(2)24-18-7-5-16(6-8-18)9-11-21-19(20-3)22-12-10-17(13-22)14-23-4/h5-8,15,17H,9-14H2,1-4H3,(H,20,21). The lowest BCUT2D eigenvalue weighted by Gasteiger charge is -2.21. The maximum absolute atomic E-state index is 5.68. The second-order valence-electron chi connectivity index (χ2n) is 6.59. The van der Waals surface area contributed by atoms with E-state index in [4.69, 9.17) is 9.47 Å². The van der Waals surface area contributed by atoms with Crippen LogP contribution in [0.4, 0.5) is 0 Å². The Morgan fingerprint density at radius 2 is 2.08 bits per heavy atom. The Morgan fingerprint density at radius 1 is 1.33 bits per heavy atom. The number of aliphatic imine (C=N–C) groups is 1. The summed E-state index contributed by atoms with van der Waals surface area (Å²) < 4.78 is 10.9. The molecule has 0 aromatic heterocycles. The van der Waals surface area contributed by atoms with Crippen LogP contribution in [0.15, 0.2) is 29.3 Å². The average molecular weight is 333 g/mol. The van der Waals surface area contributed by atoms with Crippen LogP contribution in [0.25, 0.3) is 0 Å². The van der Waals surface area contributed by atoms with E-state index in [1.165, 1.54) is 12.0 Å². The van der Waals surface area contributed by atoms with Gasteiger partial charge in [-0.25, -0.2) is 0 Å². The third-order valence-corrected chi connectivity index (χ3v) is 4.19. The van der Waals surface area contributed by atoms with E-state index in [1.54, 1.807) is 7.11 Å². The highest BCUT2D eigenvalue weighted by molar-refractivity contribution is 5.80. The Kier molecular flexibility index (Phi) is 7.37. The van der Waals surface area contributed by atoms with Crippen LogP contribution in [0.2, 0.25) is 0 Å². The zero-order valence-corrected chi connectivity index (χ0v) is 15.4. The van der Waals surface area contributed by atoms with Gasteiger partial charge in [0.1, 0.15) is 5.75 Å². The van der Waals surface area contributed by atoms with Crippen LogP contribution in [0, 0.1) is 5.92 Å². The maximum atomic E-state index is 5.68. The largest absolute Gasteiger partial charge is 0.491 e. The molecule has 0 radical (unpaired) electrons. The van der Waals surface area contributed by atoms with Gasteiger partial charge in [-0.05, 0) is 44.4 Å². The van der Waals surface area contributed by atoms with Gasteiger partial charge in [-0.15, -0.1) is 0 Å². The van der Waals surface area contributed by atoms with Crippen molar-refractivity contribution >= 4 is 5.96 Å². The molecule has 1 aromatic rings. The topological polar surface area (TPSA) is 46.1 Å². The molecule has 0 aliphatic carbocycles. The summed E-state index contributed by atoms with van der Waals surface area (Å²) in [5.74, 6) is 2.54. The van der Waals surface area contributed by atoms with Gasteiger partial charge in [0.15, 0.2) is 5.96 Å². The molecule has 0 spiro atoms. The van der Waals surface area contributed by atoms with Crippen molar-refractivity contribution in [3.63, 3.8) is 0 Å². The van der Waals surface area contributed by atoms with Crippen molar-refractivity contribution in [2.45, 2.75) is 32.8 Å². The number of likely N-dealkylation sites (tertiary alicyclic amines) is 1. The van der Waals surface area contributed by atoms with E-state index in [-0.39, 0.29) is 6.10 Å². The fraction of sp³-hybridized carbons (Fsp3) is 0.632. The molecule has 1 N–H and O–H groups in total. The van der Waals surface area contributed by atoms with Crippen LogP contribution in [-0.2, 0) is 11.2 Å². The summed E-state index contributed by atoms with van der Waals surface area (Å²) in [6.45, 7) is 7.86. The Bertz CT molecular complexity index is 514. The first-order chi connectivity index (χ1) is 11.6. The van der Waals surface area contributed by atoms with Gasteiger partial charge in [-0.2, -0.15) is 0 Å². The van der Waals surface area contributed by atoms with E-state index >= 15 is 0 Å². The summed E-state index contributed by atoms with van der Waals surface area (Å²) in [6.07, 6.45) is 2.35. The summed E-state index contributed by atoms with van der Waals surface area (Å²) in [5.41, 5.74) is 1.30. The molecular formula is C19H31N3O2. The molecule has 5 nitrogen and oxygen atoms in total. The summed E-state index contributed by atoms with van der Waals surface area (Å²) in [5, 5.41) is 3.47. The van der Waals surface area contributed by atoms with Gasteiger partial charge in [0, 0.05) is 39.7 Å². The van der Waals surface area contributed by atoms with Gasteiger partial charge in [-0.1, -0.05) is 12.1 Å². The molecule has 1 saturated heterocycles. The number of hydrogen-bond donors (Lipinski definition) is 1. The normalized spacial score (nSPS) is 18.3. The first kappa shape index (κ1) is 18.6. The fourth-order valence-corrected chi connectivity index (χ4v) is 3.05. The van der Waals surface area contributed by atoms with Crippen molar-refractivity contribution in [3.8, 4) is 5.75 Å². The second kappa shape index (κ2) is 9.52. The minimum absolute atomic E-state index is 0.211. The molecule has 0 saturated carbocycles. The molecule has 1 unspecified atom stereocenters. The third-order valence-electron chi connectivity index (χ3n) is 4.19. The van der Waals surface area contributed by atoms with Crippen molar-refractivity contribution in [3.05, 3.63) is 29.8 Å². The highest BCUT2D eigenvalue weighted by Gasteiger charge is 2.24. The average Bonchev–Trinajstić information content (AvgIpc) is 3.01. The molecule has 0 amide bonds. The number of nitrogens with zero attached hydrogens (tertiary/aromatic N) is 2. The Labute approximate surface area is 146 Å². The van der Waals surface area contributed by atoms with Gasteiger partial charge < -0.3 is 19.7 Å². The molecule has 5 heteroatoms. The molecule has 1 atom stereocenters. The lowest BCUT2D eigenvalue weighted by Crippen LogP contribution is -2.41. The van der Waals surface area contributed by atoms with Gasteiger partial charge in [0.25, 0.3) is 0 Å². The molecule has 2 rings (SSSR count). The van der Waals surface area contributed by atoms with Crippen molar-refractivity contribution in [2.24, 2.45) is 10.9 Å². The molecule has 134 valence electrons. The monoisotopic (exact) mass is 333 g/mol. The number of hydrogen-bond acceptors (Lipinski definition) is 3. The van der Waals surface area contributed by atoms with Crippen molar-refractivity contribution in [1.82, 2.24) is 10.2 Å². The van der Waals surface area contributed by atoms with Crippen molar-refractivity contribution in [2.75, 3.05) is 40.4 Å². The predicted molar refractivity (Wildman–Crippen MR) is 98.8 cm³/mol. The fourth-order valence-electron chi connectivity index (χ4n) is 3.05. The quantitative estimate of drug-likeness (QED) is 0.615. The number of rotatable bonds is 7. The number of benzene rings is 1. The highest BCUT2D eigenvalue weighted by Crippen LogP contribution is 2.16. The summed E-state index contributed by atoms with van der Waals surface area (Å²) in [6, 6.07) is 8.35. The van der Waals surface area contributed by atoms with Crippen LogP contribution in [0.5, 0.6) is 5.75 Å². The molecule has 1 fully saturated rings. The number of guanidine groups is 1. The molecule has 1 heterocycles. The van der Waals surface area contributed by atoms with Crippen molar-refractivity contribution in [1.29, 1.82) is 0 Å². The summed E-state index contributed by atoms with van der Waals surface area (Å²) in [4.78, 5) is 6.74. The van der Waals surface area contributed by atoms with Crippen LogP contribution >= 0.6 is 0 Å². The zero-order valence-electron chi connectivity index (χ0n) is 15.4.